The highest BCUT2D eigenvalue weighted by Gasteiger charge is 2.14. The van der Waals surface area contributed by atoms with Crippen molar-refractivity contribution in [2.45, 2.75) is 33.3 Å². The summed E-state index contributed by atoms with van der Waals surface area (Å²) in [5.74, 6) is 6.14. The molecule has 0 radical (unpaired) electrons. The number of hydrogen-bond acceptors (Lipinski definition) is 2. The summed E-state index contributed by atoms with van der Waals surface area (Å²) < 4.78 is 5.29. The highest BCUT2D eigenvalue weighted by molar-refractivity contribution is 5.11. The molecule has 2 atom stereocenters. The Hall–Kier alpha value is -0.780. The van der Waals surface area contributed by atoms with E-state index in [1.54, 1.807) is 14.0 Å². The fourth-order valence-electron chi connectivity index (χ4n) is 1.32. The van der Waals surface area contributed by atoms with E-state index < -0.39 is 0 Å². The Bertz CT molecular complexity index is 232. The first-order chi connectivity index (χ1) is 6.69. The summed E-state index contributed by atoms with van der Waals surface area (Å²) in [5, 5.41) is 8.92. The van der Waals surface area contributed by atoms with Crippen LogP contribution in [0.3, 0.4) is 0 Å². The average Bonchev–Trinajstić information content (AvgIpc) is 2.22. The molecule has 2 heteroatoms. The van der Waals surface area contributed by atoms with Crippen LogP contribution in [-0.2, 0) is 4.74 Å². The molecule has 0 rings (SSSR count). The third-order valence-electron chi connectivity index (χ3n) is 2.15. The summed E-state index contributed by atoms with van der Waals surface area (Å²) >= 11 is 0. The number of methoxy groups -OCH3 is 1. The molecule has 1 N–H and O–H groups in total. The molecule has 2 nitrogen and oxygen atoms in total. The van der Waals surface area contributed by atoms with E-state index in [0.717, 1.165) is 12.0 Å². The minimum atomic E-state index is -0.0634. The van der Waals surface area contributed by atoms with E-state index in [0.29, 0.717) is 0 Å². The standard InChI is InChI=1S/C12H20O2/c1-5-7-12(14-4)11(6-2)8-10(3)9-13/h8,11-13H,6,9H2,1-4H3/b10-8+/t11-,12-/m0/s1. The van der Waals surface area contributed by atoms with Crippen molar-refractivity contribution >= 4 is 0 Å². The highest BCUT2D eigenvalue weighted by Crippen LogP contribution is 2.15. The first-order valence-corrected chi connectivity index (χ1v) is 4.92. The van der Waals surface area contributed by atoms with Gasteiger partial charge < -0.3 is 9.84 Å². The molecule has 0 unspecified atom stereocenters. The third-order valence-corrected chi connectivity index (χ3v) is 2.15. The molecule has 0 spiro atoms. The minimum Gasteiger partial charge on any atom is -0.392 e. The number of hydrogen-bond donors (Lipinski definition) is 1. The van der Waals surface area contributed by atoms with E-state index >= 15 is 0 Å². The van der Waals surface area contributed by atoms with Gasteiger partial charge in [0.25, 0.3) is 0 Å². The second-order valence-corrected chi connectivity index (χ2v) is 3.29. The molecule has 0 heterocycles. The van der Waals surface area contributed by atoms with Crippen molar-refractivity contribution in [3.63, 3.8) is 0 Å². The van der Waals surface area contributed by atoms with Crippen LogP contribution in [0.4, 0.5) is 0 Å². The van der Waals surface area contributed by atoms with Crippen molar-refractivity contribution in [3.8, 4) is 11.8 Å². The van der Waals surface area contributed by atoms with E-state index in [2.05, 4.69) is 18.8 Å². The molecule has 0 aliphatic carbocycles. The van der Waals surface area contributed by atoms with Crippen LogP contribution in [0.25, 0.3) is 0 Å². The molecule has 0 aromatic rings. The molecule has 14 heavy (non-hydrogen) atoms. The van der Waals surface area contributed by atoms with E-state index in [9.17, 15) is 0 Å². The summed E-state index contributed by atoms with van der Waals surface area (Å²) in [4.78, 5) is 0. The van der Waals surface area contributed by atoms with Gasteiger partial charge >= 0.3 is 0 Å². The monoisotopic (exact) mass is 196 g/mol. The fourth-order valence-corrected chi connectivity index (χ4v) is 1.32. The number of aliphatic hydroxyl groups is 1. The maximum absolute atomic E-state index is 8.92. The van der Waals surface area contributed by atoms with Crippen LogP contribution in [0.1, 0.15) is 27.2 Å². The van der Waals surface area contributed by atoms with Gasteiger partial charge in [0.05, 0.1) is 6.61 Å². The third kappa shape index (κ3) is 4.45. The Labute approximate surface area is 87.0 Å². The van der Waals surface area contributed by atoms with E-state index in [4.69, 9.17) is 9.84 Å². The fraction of sp³-hybridized carbons (Fsp3) is 0.667. The van der Waals surface area contributed by atoms with Crippen molar-refractivity contribution < 1.29 is 9.84 Å². The molecule has 0 saturated heterocycles. The van der Waals surface area contributed by atoms with E-state index in [1.807, 2.05) is 13.0 Å². The smallest absolute Gasteiger partial charge is 0.124 e. The molecule has 0 aliphatic heterocycles. The van der Waals surface area contributed by atoms with Gasteiger partial charge in [-0.1, -0.05) is 24.5 Å². The summed E-state index contributed by atoms with van der Waals surface area (Å²) in [7, 11) is 1.67. The van der Waals surface area contributed by atoms with Crippen molar-refractivity contribution in [1.82, 2.24) is 0 Å². The first-order valence-electron chi connectivity index (χ1n) is 4.92. The largest absolute Gasteiger partial charge is 0.392 e. The second kappa shape index (κ2) is 7.61. The van der Waals surface area contributed by atoms with Crippen LogP contribution in [0.2, 0.25) is 0 Å². The van der Waals surface area contributed by atoms with Gasteiger partial charge in [-0.3, -0.25) is 0 Å². The minimum absolute atomic E-state index is 0.0634. The highest BCUT2D eigenvalue weighted by atomic mass is 16.5. The zero-order valence-electron chi connectivity index (χ0n) is 9.50. The lowest BCUT2D eigenvalue weighted by atomic mass is 9.97. The van der Waals surface area contributed by atoms with E-state index in [1.165, 1.54) is 0 Å². The summed E-state index contributed by atoms with van der Waals surface area (Å²) in [6, 6.07) is 0. The molecule has 0 aliphatic rings. The Balaban J connectivity index is 4.57. The number of rotatable bonds is 5. The normalized spacial score (nSPS) is 15.6. The lowest BCUT2D eigenvalue weighted by molar-refractivity contribution is 0.112. The van der Waals surface area contributed by atoms with Crippen LogP contribution >= 0.6 is 0 Å². The van der Waals surface area contributed by atoms with Gasteiger partial charge in [-0.15, -0.1) is 5.92 Å². The quantitative estimate of drug-likeness (QED) is 0.538. The molecular formula is C12H20O2. The van der Waals surface area contributed by atoms with Crippen molar-refractivity contribution in [1.29, 1.82) is 0 Å². The predicted octanol–water partition coefficient (Wildman–Crippen LogP) is 1.99. The summed E-state index contributed by atoms with van der Waals surface area (Å²) in [6.45, 7) is 5.91. The summed E-state index contributed by atoms with van der Waals surface area (Å²) in [6.07, 6.45) is 2.94. The van der Waals surface area contributed by atoms with Gasteiger partial charge in [0.15, 0.2) is 0 Å². The molecular weight excluding hydrogens is 176 g/mol. The van der Waals surface area contributed by atoms with Crippen LogP contribution in [0, 0.1) is 17.8 Å². The van der Waals surface area contributed by atoms with Crippen LogP contribution in [-0.4, -0.2) is 24.9 Å². The van der Waals surface area contributed by atoms with Gasteiger partial charge in [0, 0.05) is 13.0 Å². The van der Waals surface area contributed by atoms with Gasteiger partial charge in [-0.05, 0) is 20.3 Å². The van der Waals surface area contributed by atoms with Gasteiger partial charge in [-0.25, -0.2) is 0 Å². The predicted molar refractivity (Wildman–Crippen MR) is 58.9 cm³/mol. The van der Waals surface area contributed by atoms with Crippen LogP contribution in [0.5, 0.6) is 0 Å². The maximum Gasteiger partial charge on any atom is 0.124 e. The average molecular weight is 196 g/mol. The second-order valence-electron chi connectivity index (χ2n) is 3.29. The van der Waals surface area contributed by atoms with Crippen LogP contribution < -0.4 is 0 Å². The van der Waals surface area contributed by atoms with Crippen molar-refractivity contribution in [2.75, 3.05) is 13.7 Å². The Morgan fingerprint density at radius 3 is 2.57 bits per heavy atom. The topological polar surface area (TPSA) is 29.5 Å². The van der Waals surface area contributed by atoms with Crippen molar-refractivity contribution in [2.24, 2.45) is 5.92 Å². The summed E-state index contributed by atoms with van der Waals surface area (Å²) in [5.41, 5.74) is 0.969. The molecule has 0 saturated carbocycles. The molecule has 0 bridgehead atoms. The van der Waals surface area contributed by atoms with Crippen LogP contribution in [0.15, 0.2) is 11.6 Å². The van der Waals surface area contributed by atoms with Gasteiger partial charge in [0.2, 0.25) is 0 Å². The van der Waals surface area contributed by atoms with Gasteiger partial charge in [0.1, 0.15) is 6.10 Å². The number of ether oxygens (including phenoxy) is 1. The Morgan fingerprint density at radius 2 is 2.21 bits per heavy atom. The molecule has 0 aromatic carbocycles. The van der Waals surface area contributed by atoms with E-state index in [-0.39, 0.29) is 18.6 Å². The zero-order chi connectivity index (χ0) is 11.0. The Morgan fingerprint density at radius 1 is 1.57 bits per heavy atom. The lowest BCUT2D eigenvalue weighted by Gasteiger charge is -2.17. The SMILES string of the molecule is CC#C[C@H](OC)[C@H](/C=C(\C)CO)CC. The van der Waals surface area contributed by atoms with Crippen molar-refractivity contribution in [3.05, 3.63) is 11.6 Å². The molecule has 0 fully saturated rings. The first kappa shape index (κ1) is 13.2. The maximum atomic E-state index is 8.92. The molecule has 80 valence electrons. The van der Waals surface area contributed by atoms with Gasteiger partial charge in [-0.2, -0.15) is 0 Å². The lowest BCUT2D eigenvalue weighted by Crippen LogP contribution is -2.19. The Kier molecular flexibility index (Phi) is 7.18. The molecule has 0 amide bonds. The zero-order valence-corrected chi connectivity index (χ0v) is 9.50. The molecule has 0 aromatic heterocycles. The number of aliphatic hydroxyl groups excluding tert-OH is 1.